The van der Waals surface area contributed by atoms with Gasteiger partial charge in [0, 0.05) is 32.6 Å². The van der Waals surface area contributed by atoms with Gasteiger partial charge in [0.25, 0.3) is 0 Å². The zero-order valence-corrected chi connectivity index (χ0v) is 25.3. The molecule has 0 heterocycles. The fraction of sp³-hybridized carbons (Fsp3) is 0.355. The third-order valence-electron chi connectivity index (χ3n) is 6.38. The Morgan fingerprint density at radius 2 is 1.46 bits per heavy atom. The summed E-state index contributed by atoms with van der Waals surface area (Å²) in [5, 5.41) is 2.99. The van der Waals surface area contributed by atoms with E-state index >= 15 is 0 Å². The minimum Gasteiger partial charge on any atom is -0.350 e. The smallest absolute Gasteiger partial charge is 0.304 e. The molecular formula is C31H39FN4O4S. The Bertz CT molecular complexity index is 1420. The van der Waals surface area contributed by atoms with Gasteiger partial charge in [-0.1, -0.05) is 60.2 Å². The maximum absolute atomic E-state index is 14.2. The van der Waals surface area contributed by atoms with Crippen LogP contribution < -0.4 is 9.62 Å². The molecule has 0 aromatic heterocycles. The first-order valence-corrected chi connectivity index (χ1v) is 14.7. The number of carbonyl (C=O) groups excluding carboxylic acids is 2. The lowest BCUT2D eigenvalue weighted by Gasteiger charge is -2.35. The summed E-state index contributed by atoms with van der Waals surface area (Å²) in [6, 6.07) is 20.9. The zero-order valence-electron chi connectivity index (χ0n) is 24.5. The van der Waals surface area contributed by atoms with Crippen LogP contribution in [0.3, 0.4) is 0 Å². The van der Waals surface area contributed by atoms with Crippen molar-refractivity contribution in [2.45, 2.75) is 52.2 Å². The molecule has 3 aromatic carbocycles. The second-order valence-corrected chi connectivity index (χ2v) is 13.3. The molecule has 8 nitrogen and oxygen atoms in total. The zero-order chi connectivity index (χ0) is 30.4. The van der Waals surface area contributed by atoms with Crippen LogP contribution in [0.2, 0.25) is 0 Å². The van der Waals surface area contributed by atoms with Crippen molar-refractivity contribution in [3.63, 3.8) is 0 Å². The van der Waals surface area contributed by atoms with Gasteiger partial charge in [-0.2, -0.15) is 12.7 Å². The van der Waals surface area contributed by atoms with Crippen molar-refractivity contribution in [1.29, 1.82) is 0 Å². The van der Waals surface area contributed by atoms with Crippen molar-refractivity contribution in [3.05, 3.63) is 101 Å². The third-order valence-corrected chi connectivity index (χ3v) is 8.20. The molecule has 0 fully saturated rings. The molecule has 220 valence electrons. The second-order valence-electron chi connectivity index (χ2n) is 11.2. The van der Waals surface area contributed by atoms with Crippen molar-refractivity contribution in [2.75, 3.05) is 24.9 Å². The molecule has 1 N–H and O–H groups in total. The Labute approximate surface area is 243 Å². The van der Waals surface area contributed by atoms with Crippen molar-refractivity contribution >= 4 is 27.7 Å². The first-order valence-electron chi connectivity index (χ1n) is 13.3. The van der Waals surface area contributed by atoms with E-state index in [1.165, 1.54) is 31.1 Å². The van der Waals surface area contributed by atoms with Crippen LogP contribution in [-0.4, -0.2) is 61.7 Å². The Balaban J connectivity index is 2.10. The van der Waals surface area contributed by atoms with Crippen molar-refractivity contribution < 1.29 is 22.4 Å². The number of hydrogen-bond donors (Lipinski definition) is 1. The predicted octanol–water partition coefficient (Wildman–Crippen LogP) is 4.30. The number of hydrogen-bond acceptors (Lipinski definition) is 4. The van der Waals surface area contributed by atoms with E-state index in [0.29, 0.717) is 0 Å². The fourth-order valence-electron chi connectivity index (χ4n) is 4.22. The van der Waals surface area contributed by atoms with Crippen LogP contribution in [0.5, 0.6) is 0 Å². The second kappa shape index (κ2) is 13.3. The van der Waals surface area contributed by atoms with Crippen LogP contribution in [0.15, 0.2) is 78.9 Å². The maximum atomic E-state index is 14.2. The molecule has 0 saturated carbocycles. The van der Waals surface area contributed by atoms with Gasteiger partial charge < -0.3 is 10.2 Å². The molecule has 0 bridgehead atoms. The molecule has 41 heavy (non-hydrogen) atoms. The minimum atomic E-state index is -4.15. The van der Waals surface area contributed by atoms with Gasteiger partial charge in [0.1, 0.15) is 18.4 Å². The van der Waals surface area contributed by atoms with Crippen LogP contribution in [0.25, 0.3) is 0 Å². The molecule has 0 aliphatic rings. The van der Waals surface area contributed by atoms with Crippen molar-refractivity contribution in [1.82, 2.24) is 14.5 Å². The van der Waals surface area contributed by atoms with E-state index in [0.717, 1.165) is 37.4 Å². The first-order chi connectivity index (χ1) is 19.2. The third kappa shape index (κ3) is 8.86. The van der Waals surface area contributed by atoms with Gasteiger partial charge in [-0.05, 0) is 63.1 Å². The van der Waals surface area contributed by atoms with E-state index in [1.807, 2.05) is 82.3 Å². The number of rotatable bonds is 11. The van der Waals surface area contributed by atoms with E-state index in [9.17, 15) is 22.4 Å². The Morgan fingerprint density at radius 3 is 2.00 bits per heavy atom. The van der Waals surface area contributed by atoms with Gasteiger partial charge in [-0.3, -0.25) is 9.59 Å². The van der Waals surface area contributed by atoms with E-state index in [1.54, 1.807) is 0 Å². The lowest BCUT2D eigenvalue weighted by atomic mass is 10.0. The molecule has 3 aromatic rings. The van der Waals surface area contributed by atoms with E-state index in [4.69, 9.17) is 0 Å². The largest absolute Gasteiger partial charge is 0.350 e. The normalized spacial score (nSPS) is 12.6. The van der Waals surface area contributed by atoms with E-state index in [2.05, 4.69) is 5.32 Å². The first kappa shape index (κ1) is 31.8. The number of amides is 2. The summed E-state index contributed by atoms with van der Waals surface area (Å²) in [6.45, 7) is 7.01. The van der Waals surface area contributed by atoms with Gasteiger partial charge in [0.2, 0.25) is 11.8 Å². The molecular weight excluding hydrogens is 543 g/mol. The highest BCUT2D eigenvalue weighted by molar-refractivity contribution is 7.90. The van der Waals surface area contributed by atoms with E-state index in [-0.39, 0.29) is 24.6 Å². The summed E-state index contributed by atoms with van der Waals surface area (Å²) < 4.78 is 42.3. The van der Waals surface area contributed by atoms with Gasteiger partial charge in [-0.15, -0.1) is 0 Å². The number of halogens is 1. The standard InChI is InChI=1S/C31H39FN4O4S/c1-23-12-14-25(15-13-23)21-35(28(30(38)33-31(2,3)4)20-24-10-8-7-9-11-24)29(37)22-36(41(39,40)34(5)6)27-18-16-26(32)17-19-27/h7-19,28H,20-22H2,1-6H3,(H,33,38). The number of carbonyl (C=O) groups is 2. The van der Waals surface area contributed by atoms with Crippen molar-refractivity contribution in [2.24, 2.45) is 0 Å². The van der Waals surface area contributed by atoms with Gasteiger partial charge >= 0.3 is 10.2 Å². The summed E-state index contributed by atoms with van der Waals surface area (Å²) in [4.78, 5) is 29.4. The lowest BCUT2D eigenvalue weighted by Crippen LogP contribution is -2.56. The molecule has 0 radical (unpaired) electrons. The number of benzene rings is 3. The van der Waals surface area contributed by atoms with Gasteiger partial charge in [0.05, 0.1) is 5.69 Å². The number of nitrogens with one attached hydrogen (secondary N) is 1. The summed E-state index contributed by atoms with van der Waals surface area (Å²) in [5.74, 6) is -1.47. The fourth-order valence-corrected chi connectivity index (χ4v) is 5.28. The number of nitrogens with zero attached hydrogens (tertiary/aromatic N) is 3. The van der Waals surface area contributed by atoms with Gasteiger partial charge in [-0.25, -0.2) is 8.70 Å². The summed E-state index contributed by atoms with van der Waals surface area (Å²) in [7, 11) is -1.44. The van der Waals surface area contributed by atoms with Crippen LogP contribution in [0.4, 0.5) is 10.1 Å². The average molecular weight is 583 g/mol. The van der Waals surface area contributed by atoms with Crippen LogP contribution in [-0.2, 0) is 32.8 Å². The van der Waals surface area contributed by atoms with Crippen LogP contribution in [0, 0.1) is 12.7 Å². The number of aryl methyl sites for hydroxylation is 1. The Hall–Kier alpha value is -3.76. The molecule has 1 unspecified atom stereocenters. The average Bonchev–Trinajstić information content (AvgIpc) is 2.90. The SMILES string of the molecule is Cc1ccc(CN(C(=O)CN(c2ccc(F)cc2)S(=O)(=O)N(C)C)C(Cc2ccccc2)C(=O)NC(C)(C)C)cc1. The lowest BCUT2D eigenvalue weighted by molar-refractivity contribution is -0.140. The molecule has 3 rings (SSSR count). The minimum absolute atomic E-state index is 0.0768. The molecule has 1 atom stereocenters. The van der Waals surface area contributed by atoms with Crippen LogP contribution in [0.1, 0.15) is 37.5 Å². The monoisotopic (exact) mass is 582 g/mol. The summed E-state index contributed by atoms with van der Waals surface area (Å²) >= 11 is 0. The maximum Gasteiger partial charge on any atom is 0.304 e. The van der Waals surface area contributed by atoms with Crippen molar-refractivity contribution in [3.8, 4) is 0 Å². The van der Waals surface area contributed by atoms with Crippen LogP contribution >= 0.6 is 0 Å². The number of anilines is 1. The molecule has 10 heteroatoms. The quantitative estimate of drug-likeness (QED) is 0.365. The highest BCUT2D eigenvalue weighted by Crippen LogP contribution is 2.22. The summed E-state index contributed by atoms with van der Waals surface area (Å²) in [6.07, 6.45) is 0.220. The Kier molecular flexibility index (Phi) is 10.3. The Morgan fingerprint density at radius 1 is 0.878 bits per heavy atom. The highest BCUT2D eigenvalue weighted by Gasteiger charge is 2.35. The molecule has 0 saturated heterocycles. The summed E-state index contributed by atoms with van der Waals surface area (Å²) in [5.41, 5.74) is 2.23. The topological polar surface area (TPSA) is 90.0 Å². The van der Waals surface area contributed by atoms with Gasteiger partial charge in [0.15, 0.2) is 0 Å². The molecule has 0 aliphatic heterocycles. The van der Waals surface area contributed by atoms with E-state index < -0.39 is 40.1 Å². The predicted molar refractivity (Wildman–Crippen MR) is 160 cm³/mol. The molecule has 0 aliphatic carbocycles. The molecule has 2 amide bonds. The highest BCUT2D eigenvalue weighted by atomic mass is 32.2. The molecule has 0 spiro atoms.